The van der Waals surface area contributed by atoms with Gasteiger partial charge in [0.1, 0.15) is 5.75 Å². The van der Waals surface area contributed by atoms with Crippen LogP contribution in [0.2, 0.25) is 0 Å². The van der Waals surface area contributed by atoms with Gasteiger partial charge in [0.15, 0.2) is 10.8 Å². The summed E-state index contributed by atoms with van der Waals surface area (Å²) >= 11 is 1.38. The highest BCUT2D eigenvalue weighted by atomic mass is 32.1. The topological polar surface area (TPSA) is 81.9 Å². The number of anilines is 1. The van der Waals surface area contributed by atoms with Crippen LogP contribution in [0.1, 0.15) is 10.5 Å². The molecule has 0 saturated heterocycles. The molecule has 0 aliphatic heterocycles. The van der Waals surface area contributed by atoms with Crippen molar-refractivity contribution in [1.82, 2.24) is 20.0 Å². The van der Waals surface area contributed by atoms with E-state index in [1.807, 2.05) is 18.2 Å². The zero-order valence-electron chi connectivity index (χ0n) is 10.8. The third kappa shape index (κ3) is 2.32. The first-order chi connectivity index (χ1) is 9.65. The number of nitrogens with zero attached hydrogens (tertiary/aromatic N) is 4. The fraction of sp³-hybridized carbons (Fsp3) is 0.167. The average Bonchev–Trinajstić information content (AvgIpc) is 3.03. The monoisotopic (exact) mass is 289 g/mol. The maximum atomic E-state index is 11.9. The number of carbonyl (C=O) groups excluding carboxylic acids is 1. The first-order valence-electron chi connectivity index (χ1n) is 5.78. The Morgan fingerprint density at radius 1 is 1.45 bits per heavy atom. The lowest BCUT2D eigenvalue weighted by Crippen LogP contribution is -2.12. The van der Waals surface area contributed by atoms with Crippen molar-refractivity contribution in [2.24, 2.45) is 7.05 Å². The third-order valence-corrected chi connectivity index (χ3v) is 3.58. The lowest BCUT2D eigenvalue weighted by Gasteiger charge is -1.96. The Morgan fingerprint density at radius 3 is 3.00 bits per heavy atom. The molecule has 1 aromatic carbocycles. The van der Waals surface area contributed by atoms with E-state index < -0.39 is 0 Å². The second-order valence-corrected chi connectivity index (χ2v) is 5.11. The summed E-state index contributed by atoms with van der Waals surface area (Å²) in [4.78, 5) is 16.3. The SMILES string of the molecule is COc1ccc2nc(NC(=O)c3cn(C)nn3)sc2c1. The van der Waals surface area contributed by atoms with Gasteiger partial charge >= 0.3 is 0 Å². The predicted octanol–water partition coefficient (Wildman–Crippen LogP) is 1.69. The van der Waals surface area contributed by atoms with Crippen LogP contribution in [0.5, 0.6) is 5.75 Å². The molecule has 0 spiro atoms. The highest BCUT2D eigenvalue weighted by Crippen LogP contribution is 2.29. The van der Waals surface area contributed by atoms with E-state index in [9.17, 15) is 4.79 Å². The number of aromatic nitrogens is 4. The van der Waals surface area contributed by atoms with Crippen molar-refractivity contribution >= 4 is 32.6 Å². The summed E-state index contributed by atoms with van der Waals surface area (Å²) in [5, 5.41) is 10.7. The first kappa shape index (κ1) is 12.5. The van der Waals surface area contributed by atoms with Gasteiger partial charge in [0.05, 0.1) is 23.5 Å². The lowest BCUT2D eigenvalue weighted by molar-refractivity contribution is 0.102. The van der Waals surface area contributed by atoms with Gasteiger partial charge in [-0.15, -0.1) is 5.10 Å². The minimum Gasteiger partial charge on any atom is -0.497 e. The number of amides is 1. The summed E-state index contributed by atoms with van der Waals surface area (Å²) in [6, 6.07) is 5.56. The summed E-state index contributed by atoms with van der Waals surface area (Å²) < 4.78 is 7.57. The Balaban J connectivity index is 1.85. The van der Waals surface area contributed by atoms with Gasteiger partial charge in [-0.05, 0) is 18.2 Å². The Morgan fingerprint density at radius 2 is 2.30 bits per heavy atom. The van der Waals surface area contributed by atoms with Crippen LogP contribution in [0.3, 0.4) is 0 Å². The van der Waals surface area contributed by atoms with Gasteiger partial charge in [-0.2, -0.15) is 0 Å². The molecule has 0 fully saturated rings. The molecular weight excluding hydrogens is 278 g/mol. The van der Waals surface area contributed by atoms with E-state index >= 15 is 0 Å². The Labute approximate surface area is 118 Å². The highest BCUT2D eigenvalue weighted by molar-refractivity contribution is 7.22. The van der Waals surface area contributed by atoms with Crippen molar-refractivity contribution in [3.05, 3.63) is 30.1 Å². The Bertz CT molecular complexity index is 779. The van der Waals surface area contributed by atoms with E-state index in [2.05, 4.69) is 20.6 Å². The first-order valence-corrected chi connectivity index (χ1v) is 6.59. The molecule has 0 saturated carbocycles. The molecule has 0 aliphatic carbocycles. The summed E-state index contributed by atoms with van der Waals surface area (Å²) in [6.45, 7) is 0. The quantitative estimate of drug-likeness (QED) is 0.793. The van der Waals surface area contributed by atoms with Gasteiger partial charge in [0, 0.05) is 7.05 Å². The van der Waals surface area contributed by atoms with Crippen LogP contribution in [0.25, 0.3) is 10.2 Å². The second-order valence-electron chi connectivity index (χ2n) is 4.08. The molecule has 1 amide bonds. The predicted molar refractivity (Wildman–Crippen MR) is 75.1 cm³/mol. The van der Waals surface area contributed by atoms with Crippen LogP contribution in [-0.4, -0.2) is 33.0 Å². The van der Waals surface area contributed by atoms with E-state index in [1.165, 1.54) is 16.0 Å². The summed E-state index contributed by atoms with van der Waals surface area (Å²) in [6.07, 6.45) is 1.55. The fourth-order valence-electron chi connectivity index (χ4n) is 1.70. The Kier molecular flexibility index (Phi) is 3.07. The molecular formula is C12H11N5O2S. The average molecular weight is 289 g/mol. The molecule has 2 heterocycles. The normalized spacial score (nSPS) is 10.7. The van der Waals surface area contributed by atoms with Crippen molar-refractivity contribution in [2.45, 2.75) is 0 Å². The van der Waals surface area contributed by atoms with Crippen LogP contribution in [-0.2, 0) is 7.05 Å². The molecule has 102 valence electrons. The number of ether oxygens (including phenoxy) is 1. The number of hydrogen-bond donors (Lipinski definition) is 1. The number of carbonyl (C=O) groups is 1. The van der Waals surface area contributed by atoms with Crippen molar-refractivity contribution in [2.75, 3.05) is 12.4 Å². The molecule has 2 aromatic heterocycles. The fourth-order valence-corrected chi connectivity index (χ4v) is 2.59. The van der Waals surface area contributed by atoms with Crippen molar-refractivity contribution in [3.8, 4) is 5.75 Å². The molecule has 0 aliphatic rings. The zero-order chi connectivity index (χ0) is 14.1. The summed E-state index contributed by atoms with van der Waals surface area (Å²) in [5.74, 6) is 0.428. The van der Waals surface area contributed by atoms with Crippen molar-refractivity contribution in [3.63, 3.8) is 0 Å². The number of rotatable bonds is 3. The van der Waals surface area contributed by atoms with E-state index in [0.717, 1.165) is 16.0 Å². The lowest BCUT2D eigenvalue weighted by atomic mass is 10.3. The summed E-state index contributed by atoms with van der Waals surface area (Å²) in [5.41, 5.74) is 1.06. The van der Waals surface area contributed by atoms with E-state index in [1.54, 1.807) is 20.4 Å². The van der Waals surface area contributed by atoms with Crippen molar-refractivity contribution < 1.29 is 9.53 Å². The molecule has 3 rings (SSSR count). The highest BCUT2D eigenvalue weighted by Gasteiger charge is 2.13. The molecule has 7 nitrogen and oxygen atoms in total. The van der Waals surface area contributed by atoms with Crippen molar-refractivity contribution in [1.29, 1.82) is 0 Å². The molecule has 8 heteroatoms. The smallest absolute Gasteiger partial charge is 0.279 e. The molecule has 0 radical (unpaired) electrons. The van der Waals surface area contributed by atoms with Gasteiger partial charge in [0.2, 0.25) is 0 Å². The van der Waals surface area contributed by atoms with Gasteiger partial charge < -0.3 is 4.74 Å². The number of thiazole rings is 1. The van der Waals surface area contributed by atoms with Crippen LogP contribution in [0, 0.1) is 0 Å². The number of fused-ring (bicyclic) bond motifs is 1. The van der Waals surface area contributed by atoms with Gasteiger partial charge in [-0.25, -0.2) is 4.98 Å². The van der Waals surface area contributed by atoms with E-state index in [4.69, 9.17) is 4.74 Å². The number of hydrogen-bond acceptors (Lipinski definition) is 6. The zero-order valence-corrected chi connectivity index (χ0v) is 11.6. The molecule has 3 aromatic rings. The maximum absolute atomic E-state index is 11.9. The van der Waals surface area contributed by atoms with E-state index in [0.29, 0.717) is 5.13 Å². The van der Waals surface area contributed by atoms with Gasteiger partial charge in [-0.3, -0.25) is 14.8 Å². The van der Waals surface area contributed by atoms with Crippen LogP contribution >= 0.6 is 11.3 Å². The number of aryl methyl sites for hydroxylation is 1. The maximum Gasteiger partial charge on any atom is 0.279 e. The van der Waals surface area contributed by atoms with Crippen LogP contribution in [0.15, 0.2) is 24.4 Å². The number of nitrogens with one attached hydrogen (secondary N) is 1. The molecule has 1 N–H and O–H groups in total. The van der Waals surface area contributed by atoms with E-state index in [-0.39, 0.29) is 11.6 Å². The molecule has 20 heavy (non-hydrogen) atoms. The largest absolute Gasteiger partial charge is 0.497 e. The minimum absolute atomic E-state index is 0.254. The second kappa shape index (κ2) is 4.89. The molecule has 0 atom stereocenters. The standard InChI is InChI=1S/C12H11N5O2S/c1-17-6-9(15-16-17)11(18)14-12-13-8-4-3-7(19-2)5-10(8)20-12/h3-6H,1-2H3,(H,13,14,18). The number of benzene rings is 1. The summed E-state index contributed by atoms with van der Waals surface area (Å²) in [7, 11) is 3.31. The van der Waals surface area contributed by atoms with Gasteiger partial charge in [-0.1, -0.05) is 16.6 Å². The number of methoxy groups -OCH3 is 1. The molecule has 0 bridgehead atoms. The third-order valence-electron chi connectivity index (χ3n) is 2.65. The van der Waals surface area contributed by atoms with Gasteiger partial charge in [0.25, 0.3) is 5.91 Å². The van der Waals surface area contributed by atoms with Crippen LogP contribution < -0.4 is 10.1 Å². The molecule has 0 unspecified atom stereocenters. The van der Waals surface area contributed by atoms with Crippen LogP contribution in [0.4, 0.5) is 5.13 Å². The Hall–Kier alpha value is -2.48. The minimum atomic E-state index is -0.330.